The second-order valence-corrected chi connectivity index (χ2v) is 8.39. The van der Waals surface area contributed by atoms with Crippen molar-refractivity contribution >= 4 is 29.3 Å². The fourth-order valence-corrected chi connectivity index (χ4v) is 4.22. The van der Waals surface area contributed by atoms with Gasteiger partial charge in [-0.1, -0.05) is 41.6 Å². The summed E-state index contributed by atoms with van der Waals surface area (Å²) in [6, 6.07) is 17.5. The van der Waals surface area contributed by atoms with Gasteiger partial charge in [0, 0.05) is 23.3 Å². The lowest BCUT2D eigenvalue weighted by atomic mass is 10.3. The number of hydrogen-bond acceptors (Lipinski definition) is 5. The van der Waals surface area contributed by atoms with E-state index in [2.05, 4.69) is 10.2 Å². The van der Waals surface area contributed by atoms with Gasteiger partial charge in [0.15, 0.2) is 11.0 Å². The molecule has 0 spiro atoms. The van der Waals surface area contributed by atoms with Gasteiger partial charge in [-0.05, 0) is 56.2 Å². The number of ether oxygens (including phenoxy) is 1. The molecule has 4 rings (SSSR count). The van der Waals surface area contributed by atoms with E-state index in [4.69, 9.17) is 16.3 Å². The molecule has 0 atom stereocenters. The van der Waals surface area contributed by atoms with Crippen molar-refractivity contribution in [2.75, 3.05) is 12.3 Å². The topological polar surface area (TPSA) is 60.3 Å². The van der Waals surface area contributed by atoms with Crippen molar-refractivity contribution in [3.63, 3.8) is 0 Å². The Balaban J connectivity index is 1.51. The van der Waals surface area contributed by atoms with Crippen LogP contribution in [0.1, 0.15) is 25.6 Å². The number of carbonyl (C=O) groups is 1. The molecule has 6 nitrogen and oxygen atoms in total. The summed E-state index contributed by atoms with van der Waals surface area (Å²) in [7, 11) is 0. The number of amides is 1. The minimum atomic E-state index is 0.145. The molecule has 0 bridgehead atoms. The Labute approximate surface area is 185 Å². The van der Waals surface area contributed by atoms with Crippen LogP contribution >= 0.6 is 23.4 Å². The molecule has 1 fully saturated rings. The minimum Gasteiger partial charge on any atom is -0.486 e. The smallest absolute Gasteiger partial charge is 0.233 e. The molecule has 0 radical (unpaired) electrons. The Morgan fingerprint density at radius 2 is 1.90 bits per heavy atom. The molecule has 0 unspecified atom stereocenters. The number of rotatable bonds is 9. The van der Waals surface area contributed by atoms with Crippen molar-refractivity contribution in [3.05, 3.63) is 65.4 Å². The fourth-order valence-electron chi connectivity index (χ4n) is 3.24. The molecule has 156 valence electrons. The van der Waals surface area contributed by atoms with Crippen LogP contribution in [0.5, 0.6) is 5.75 Å². The average Bonchev–Trinajstić information content (AvgIpc) is 3.52. The molecule has 3 aromatic rings. The summed E-state index contributed by atoms with van der Waals surface area (Å²) in [5.74, 6) is 1.86. The van der Waals surface area contributed by atoms with Crippen LogP contribution in [0, 0.1) is 0 Å². The molecule has 1 aliphatic carbocycles. The van der Waals surface area contributed by atoms with Crippen molar-refractivity contribution in [1.82, 2.24) is 19.7 Å². The van der Waals surface area contributed by atoms with Gasteiger partial charge >= 0.3 is 0 Å². The summed E-state index contributed by atoms with van der Waals surface area (Å²) in [5.41, 5.74) is 0.932. The molecule has 1 amide bonds. The molecule has 2 aromatic carbocycles. The third-order valence-electron chi connectivity index (χ3n) is 4.87. The predicted molar refractivity (Wildman–Crippen MR) is 118 cm³/mol. The molecule has 0 N–H and O–H groups in total. The highest BCUT2D eigenvalue weighted by Crippen LogP contribution is 2.29. The second kappa shape index (κ2) is 9.53. The third kappa shape index (κ3) is 4.96. The van der Waals surface area contributed by atoms with Crippen LogP contribution in [-0.2, 0) is 11.4 Å². The first-order chi connectivity index (χ1) is 14.7. The van der Waals surface area contributed by atoms with Crippen molar-refractivity contribution in [2.24, 2.45) is 0 Å². The maximum atomic E-state index is 12.6. The molecular formula is C22H23ClN4O2S. The number of nitrogens with zero attached hydrogens (tertiary/aromatic N) is 4. The van der Waals surface area contributed by atoms with Gasteiger partial charge in [0.1, 0.15) is 12.4 Å². The lowest BCUT2D eigenvalue weighted by molar-refractivity contribution is -0.128. The number of halogens is 1. The van der Waals surface area contributed by atoms with Gasteiger partial charge in [-0.3, -0.25) is 9.36 Å². The Morgan fingerprint density at radius 1 is 1.17 bits per heavy atom. The Morgan fingerprint density at radius 3 is 2.57 bits per heavy atom. The lowest BCUT2D eigenvalue weighted by Crippen LogP contribution is -2.34. The zero-order valence-electron chi connectivity index (χ0n) is 16.7. The summed E-state index contributed by atoms with van der Waals surface area (Å²) in [6.07, 6.45) is 2.22. The van der Waals surface area contributed by atoms with E-state index in [0.717, 1.165) is 25.1 Å². The highest BCUT2D eigenvalue weighted by Gasteiger charge is 2.31. The number of aromatic nitrogens is 3. The molecule has 1 aliphatic rings. The minimum absolute atomic E-state index is 0.145. The number of benzene rings is 2. The summed E-state index contributed by atoms with van der Waals surface area (Å²) in [5, 5.41) is 10.0. The van der Waals surface area contributed by atoms with E-state index in [-0.39, 0.29) is 12.5 Å². The number of para-hydroxylation sites is 1. The van der Waals surface area contributed by atoms with E-state index in [0.29, 0.717) is 33.5 Å². The van der Waals surface area contributed by atoms with Crippen molar-refractivity contribution < 1.29 is 9.53 Å². The summed E-state index contributed by atoms with van der Waals surface area (Å²) < 4.78 is 7.82. The van der Waals surface area contributed by atoms with Crippen LogP contribution in [0.15, 0.2) is 59.8 Å². The maximum Gasteiger partial charge on any atom is 0.233 e. The van der Waals surface area contributed by atoms with Gasteiger partial charge < -0.3 is 9.64 Å². The lowest BCUT2D eigenvalue weighted by Gasteiger charge is -2.20. The first kappa shape index (κ1) is 20.8. The molecule has 1 heterocycles. The van der Waals surface area contributed by atoms with Gasteiger partial charge in [-0.2, -0.15) is 0 Å². The average molecular weight is 443 g/mol. The highest BCUT2D eigenvalue weighted by molar-refractivity contribution is 7.99. The van der Waals surface area contributed by atoms with Gasteiger partial charge in [-0.15, -0.1) is 10.2 Å². The van der Waals surface area contributed by atoms with Crippen molar-refractivity contribution in [2.45, 2.75) is 37.6 Å². The quantitative estimate of drug-likeness (QED) is 0.453. The number of carbonyl (C=O) groups excluding carboxylic acids is 1. The van der Waals surface area contributed by atoms with E-state index in [1.807, 2.05) is 58.9 Å². The fraction of sp³-hybridized carbons (Fsp3) is 0.318. The molecular weight excluding hydrogens is 420 g/mol. The van der Waals surface area contributed by atoms with E-state index in [9.17, 15) is 4.79 Å². The zero-order valence-corrected chi connectivity index (χ0v) is 18.3. The van der Waals surface area contributed by atoms with Crippen LogP contribution in [0.25, 0.3) is 5.69 Å². The van der Waals surface area contributed by atoms with Crippen molar-refractivity contribution in [1.29, 1.82) is 0 Å². The first-order valence-electron chi connectivity index (χ1n) is 9.96. The molecule has 1 saturated carbocycles. The number of hydrogen-bond donors (Lipinski definition) is 0. The van der Waals surface area contributed by atoms with Crippen LogP contribution in [0.3, 0.4) is 0 Å². The third-order valence-corrected chi connectivity index (χ3v) is 6.04. The van der Waals surface area contributed by atoms with E-state index < -0.39 is 0 Å². The second-order valence-electron chi connectivity index (χ2n) is 7.01. The summed E-state index contributed by atoms with van der Waals surface area (Å²) in [6.45, 7) is 3.02. The molecule has 30 heavy (non-hydrogen) atoms. The Bertz CT molecular complexity index is 990. The summed E-state index contributed by atoms with van der Waals surface area (Å²) >= 11 is 7.35. The first-order valence-corrected chi connectivity index (χ1v) is 11.3. The Kier molecular flexibility index (Phi) is 6.59. The van der Waals surface area contributed by atoms with Gasteiger partial charge in [0.25, 0.3) is 0 Å². The normalized spacial score (nSPS) is 13.3. The molecule has 0 saturated heterocycles. The van der Waals surface area contributed by atoms with E-state index in [1.165, 1.54) is 11.8 Å². The Hall–Kier alpha value is -2.51. The van der Waals surface area contributed by atoms with Crippen LogP contribution < -0.4 is 4.74 Å². The highest BCUT2D eigenvalue weighted by atomic mass is 35.5. The van der Waals surface area contributed by atoms with Crippen LogP contribution in [0.2, 0.25) is 5.02 Å². The van der Waals surface area contributed by atoms with E-state index in [1.54, 1.807) is 12.1 Å². The van der Waals surface area contributed by atoms with Gasteiger partial charge in [-0.25, -0.2) is 0 Å². The number of thioether (sulfide) groups is 1. The zero-order chi connectivity index (χ0) is 20.9. The van der Waals surface area contributed by atoms with Crippen LogP contribution in [0.4, 0.5) is 0 Å². The molecule has 1 aromatic heterocycles. The molecule has 0 aliphatic heterocycles. The predicted octanol–water partition coefficient (Wildman–Crippen LogP) is 4.60. The van der Waals surface area contributed by atoms with Crippen molar-refractivity contribution in [3.8, 4) is 11.4 Å². The SMILES string of the molecule is CCN(C(=O)CSc1nnc(COc2ccc(Cl)cc2)n1-c1ccccc1)C1CC1. The van der Waals surface area contributed by atoms with Crippen LogP contribution in [-0.4, -0.2) is 43.9 Å². The molecule has 8 heteroatoms. The largest absolute Gasteiger partial charge is 0.486 e. The standard InChI is InChI=1S/C22H23ClN4O2S/c1-2-26(17-10-11-17)21(28)15-30-22-25-24-20(27(22)18-6-4-3-5-7-18)14-29-19-12-8-16(23)9-13-19/h3-9,12-13,17H,2,10-11,14-15H2,1H3. The monoisotopic (exact) mass is 442 g/mol. The van der Waals surface area contributed by atoms with Gasteiger partial charge in [0.2, 0.25) is 5.91 Å². The van der Waals surface area contributed by atoms with Gasteiger partial charge in [0.05, 0.1) is 5.75 Å². The summed E-state index contributed by atoms with van der Waals surface area (Å²) in [4.78, 5) is 14.6. The maximum absolute atomic E-state index is 12.6. The van der Waals surface area contributed by atoms with E-state index >= 15 is 0 Å².